The first-order chi connectivity index (χ1) is 12.4. The Balaban J connectivity index is 4.74. The molecule has 0 aliphatic carbocycles. The number of hydrogen-bond acceptors (Lipinski definition) is 7. The lowest BCUT2D eigenvalue weighted by atomic mass is 9.85. The van der Waals surface area contributed by atoms with Gasteiger partial charge in [-0.15, -0.1) is 0 Å². The molecule has 0 bridgehead atoms. The fraction of sp³-hybridized carbons (Fsp3) is 1.00. The van der Waals surface area contributed by atoms with E-state index in [4.69, 9.17) is 14.2 Å². The molecule has 0 aliphatic rings. The van der Waals surface area contributed by atoms with Crippen molar-refractivity contribution in [2.75, 3.05) is 66.6 Å². The second-order valence-corrected chi connectivity index (χ2v) is 7.61. The van der Waals surface area contributed by atoms with E-state index in [2.05, 4.69) is 0 Å². The zero-order chi connectivity index (χ0) is 20.1. The van der Waals surface area contributed by atoms with Crippen LogP contribution in [0.3, 0.4) is 0 Å². The standard InChI is InChI=1S/C19H40O7/c1-5-17(8-20,9-21)13-25-15-19(7-3,11-23)16-26-14-18(6-2,10-22)12-24-4/h20-23H,5-16H2,1-4H3. The van der Waals surface area contributed by atoms with Crippen LogP contribution in [0, 0.1) is 16.2 Å². The molecule has 0 amide bonds. The summed E-state index contributed by atoms with van der Waals surface area (Å²) in [7, 11) is 1.60. The largest absolute Gasteiger partial charge is 0.396 e. The highest BCUT2D eigenvalue weighted by molar-refractivity contribution is 4.81. The number of aliphatic hydroxyl groups is 4. The second-order valence-electron chi connectivity index (χ2n) is 7.61. The number of rotatable bonds is 17. The molecule has 0 saturated heterocycles. The van der Waals surface area contributed by atoms with E-state index in [0.717, 1.165) is 6.42 Å². The van der Waals surface area contributed by atoms with Crippen LogP contribution in [0.25, 0.3) is 0 Å². The van der Waals surface area contributed by atoms with Crippen molar-refractivity contribution in [2.24, 2.45) is 16.2 Å². The smallest absolute Gasteiger partial charge is 0.0566 e. The van der Waals surface area contributed by atoms with Crippen LogP contribution in [-0.2, 0) is 14.2 Å². The Bertz CT molecular complexity index is 329. The monoisotopic (exact) mass is 380 g/mol. The normalized spacial score (nSPS) is 17.1. The van der Waals surface area contributed by atoms with Crippen molar-refractivity contribution in [1.82, 2.24) is 0 Å². The molecule has 0 fully saturated rings. The van der Waals surface area contributed by atoms with Gasteiger partial charge in [0.2, 0.25) is 0 Å². The highest BCUT2D eigenvalue weighted by Crippen LogP contribution is 2.28. The minimum atomic E-state index is -0.664. The van der Waals surface area contributed by atoms with Crippen LogP contribution in [0.2, 0.25) is 0 Å². The number of aliphatic hydroxyl groups excluding tert-OH is 4. The Morgan fingerprint density at radius 3 is 1.12 bits per heavy atom. The van der Waals surface area contributed by atoms with E-state index in [-0.39, 0.29) is 39.6 Å². The minimum Gasteiger partial charge on any atom is -0.396 e. The Hall–Kier alpha value is -0.280. The summed E-state index contributed by atoms with van der Waals surface area (Å²) in [5.74, 6) is 0. The molecular formula is C19H40O7. The summed E-state index contributed by atoms with van der Waals surface area (Å²) >= 11 is 0. The average Bonchev–Trinajstić information content (AvgIpc) is 2.69. The Morgan fingerprint density at radius 2 is 0.846 bits per heavy atom. The summed E-state index contributed by atoms with van der Waals surface area (Å²) in [6, 6.07) is 0. The molecule has 2 unspecified atom stereocenters. The van der Waals surface area contributed by atoms with Crippen molar-refractivity contribution in [3.05, 3.63) is 0 Å². The quantitative estimate of drug-likeness (QED) is 0.296. The van der Waals surface area contributed by atoms with Crippen LogP contribution >= 0.6 is 0 Å². The summed E-state index contributed by atoms with van der Waals surface area (Å²) in [6.45, 7) is 6.93. The number of methoxy groups -OCH3 is 1. The highest BCUT2D eigenvalue weighted by Gasteiger charge is 2.34. The van der Waals surface area contributed by atoms with Gasteiger partial charge >= 0.3 is 0 Å². The molecule has 7 heteroatoms. The van der Waals surface area contributed by atoms with E-state index in [1.165, 1.54) is 0 Å². The van der Waals surface area contributed by atoms with E-state index in [1.807, 2.05) is 20.8 Å². The lowest BCUT2D eigenvalue weighted by molar-refractivity contribution is -0.107. The molecule has 4 N–H and O–H groups in total. The van der Waals surface area contributed by atoms with E-state index in [0.29, 0.717) is 32.7 Å². The Kier molecular flexibility index (Phi) is 12.9. The van der Waals surface area contributed by atoms with Crippen molar-refractivity contribution in [1.29, 1.82) is 0 Å². The van der Waals surface area contributed by atoms with Crippen molar-refractivity contribution >= 4 is 0 Å². The van der Waals surface area contributed by atoms with Crippen LogP contribution in [0.5, 0.6) is 0 Å². The predicted octanol–water partition coefficient (Wildman–Crippen LogP) is 0.824. The molecule has 0 radical (unpaired) electrons. The summed E-state index contributed by atoms with van der Waals surface area (Å²) in [5, 5.41) is 38.6. The van der Waals surface area contributed by atoms with Gasteiger partial charge in [-0.1, -0.05) is 20.8 Å². The van der Waals surface area contributed by atoms with Crippen LogP contribution in [-0.4, -0.2) is 87.0 Å². The maximum Gasteiger partial charge on any atom is 0.0566 e. The van der Waals surface area contributed by atoms with E-state index in [9.17, 15) is 20.4 Å². The van der Waals surface area contributed by atoms with Gasteiger partial charge in [0.1, 0.15) is 0 Å². The predicted molar refractivity (Wildman–Crippen MR) is 100 cm³/mol. The van der Waals surface area contributed by atoms with Crippen molar-refractivity contribution in [3.63, 3.8) is 0 Å². The molecule has 0 aromatic rings. The fourth-order valence-corrected chi connectivity index (χ4v) is 2.64. The van der Waals surface area contributed by atoms with E-state index < -0.39 is 16.2 Å². The zero-order valence-electron chi connectivity index (χ0n) is 17.0. The van der Waals surface area contributed by atoms with Gasteiger partial charge in [0.15, 0.2) is 0 Å². The topological polar surface area (TPSA) is 109 Å². The number of ether oxygens (including phenoxy) is 3. The molecule has 0 rings (SSSR count). The van der Waals surface area contributed by atoms with E-state index >= 15 is 0 Å². The lowest BCUT2D eigenvalue weighted by Crippen LogP contribution is -2.41. The molecule has 0 aliphatic heterocycles. The first-order valence-corrected chi connectivity index (χ1v) is 9.48. The molecule has 0 spiro atoms. The van der Waals surface area contributed by atoms with Crippen molar-refractivity contribution in [2.45, 2.75) is 40.0 Å². The molecule has 0 heterocycles. The van der Waals surface area contributed by atoms with Crippen LogP contribution in [0.15, 0.2) is 0 Å². The minimum absolute atomic E-state index is 0.0297. The highest BCUT2D eigenvalue weighted by atomic mass is 16.5. The van der Waals surface area contributed by atoms with Crippen LogP contribution in [0.1, 0.15) is 40.0 Å². The molecule has 26 heavy (non-hydrogen) atoms. The lowest BCUT2D eigenvalue weighted by Gasteiger charge is -2.35. The molecule has 0 aromatic carbocycles. The second kappa shape index (κ2) is 13.0. The molecular weight excluding hydrogens is 340 g/mol. The first-order valence-electron chi connectivity index (χ1n) is 9.48. The number of hydrogen-bond donors (Lipinski definition) is 4. The van der Waals surface area contributed by atoms with Crippen molar-refractivity contribution < 1.29 is 34.6 Å². The van der Waals surface area contributed by atoms with E-state index in [1.54, 1.807) is 7.11 Å². The SMILES string of the molecule is CCC(CO)(CO)COCC(CC)(CO)COCC(CC)(CO)COC. The van der Waals surface area contributed by atoms with Gasteiger partial charge in [-0.25, -0.2) is 0 Å². The van der Waals surface area contributed by atoms with Gasteiger partial charge in [0.25, 0.3) is 0 Å². The summed E-state index contributed by atoms with van der Waals surface area (Å²) < 4.78 is 16.8. The van der Waals surface area contributed by atoms with Gasteiger partial charge in [-0.3, -0.25) is 0 Å². The third-order valence-electron chi connectivity index (χ3n) is 5.68. The maximum atomic E-state index is 9.89. The third-order valence-corrected chi connectivity index (χ3v) is 5.68. The third kappa shape index (κ3) is 7.38. The van der Waals surface area contributed by atoms with Gasteiger partial charge in [0, 0.05) is 23.4 Å². The summed E-state index contributed by atoms with van der Waals surface area (Å²) in [4.78, 5) is 0. The average molecular weight is 381 g/mol. The van der Waals surface area contributed by atoms with Crippen LogP contribution < -0.4 is 0 Å². The Morgan fingerprint density at radius 1 is 0.538 bits per heavy atom. The molecule has 158 valence electrons. The maximum absolute atomic E-state index is 9.89. The fourth-order valence-electron chi connectivity index (χ4n) is 2.64. The summed E-state index contributed by atoms with van der Waals surface area (Å²) in [5.41, 5.74) is -1.68. The molecule has 7 nitrogen and oxygen atoms in total. The molecule has 0 saturated carbocycles. The molecule has 2 atom stereocenters. The van der Waals surface area contributed by atoms with Gasteiger partial charge in [-0.05, 0) is 19.3 Å². The van der Waals surface area contributed by atoms with Crippen LogP contribution in [0.4, 0.5) is 0 Å². The summed E-state index contributed by atoms with van der Waals surface area (Å²) in [6.07, 6.45) is 1.98. The first kappa shape index (κ1) is 25.7. The Labute approximate surface area is 158 Å². The van der Waals surface area contributed by atoms with Gasteiger partial charge in [-0.2, -0.15) is 0 Å². The molecule has 0 aromatic heterocycles. The van der Waals surface area contributed by atoms with Gasteiger partial charge in [0.05, 0.1) is 59.5 Å². The zero-order valence-corrected chi connectivity index (χ0v) is 17.0. The van der Waals surface area contributed by atoms with Gasteiger partial charge < -0.3 is 34.6 Å². The van der Waals surface area contributed by atoms with Crippen molar-refractivity contribution in [3.8, 4) is 0 Å².